The zero-order valence-corrected chi connectivity index (χ0v) is 16.9. The normalized spacial score (nSPS) is 10.4. The summed E-state index contributed by atoms with van der Waals surface area (Å²) in [5.41, 5.74) is 1.83. The van der Waals surface area contributed by atoms with Crippen LogP contribution in [0.5, 0.6) is 17.2 Å². The zero-order valence-electron chi connectivity index (χ0n) is 16.9. The molecule has 0 unspecified atom stereocenters. The van der Waals surface area contributed by atoms with E-state index in [0.717, 1.165) is 28.4 Å². The smallest absolute Gasteiger partial charge is 0.287 e. The molecule has 6 heteroatoms. The number of methoxy groups -OCH3 is 2. The molecular weight excluding hydrogens is 370 g/mol. The summed E-state index contributed by atoms with van der Waals surface area (Å²) in [6, 6.07) is 16.7. The van der Waals surface area contributed by atoms with Crippen LogP contribution in [0.1, 0.15) is 34.4 Å². The van der Waals surface area contributed by atoms with Gasteiger partial charge in [0.25, 0.3) is 5.91 Å². The molecule has 0 aliphatic rings. The van der Waals surface area contributed by atoms with Crippen LogP contribution in [0.25, 0.3) is 0 Å². The van der Waals surface area contributed by atoms with Gasteiger partial charge in [0.15, 0.2) is 5.76 Å². The van der Waals surface area contributed by atoms with Crippen LogP contribution in [0.3, 0.4) is 0 Å². The van der Waals surface area contributed by atoms with E-state index in [1.54, 1.807) is 26.4 Å². The SMILES string of the molecule is CCOc1ccccc1CNC(=O)c1ccc(Cc2cc(OC)ccc2OC)o1. The summed E-state index contributed by atoms with van der Waals surface area (Å²) >= 11 is 0. The Labute approximate surface area is 170 Å². The van der Waals surface area contributed by atoms with Crippen molar-refractivity contribution in [3.63, 3.8) is 0 Å². The molecule has 152 valence electrons. The molecule has 1 heterocycles. The minimum atomic E-state index is -0.278. The Kier molecular flexibility index (Phi) is 6.79. The Morgan fingerprint density at radius 1 is 0.966 bits per heavy atom. The predicted octanol–water partition coefficient (Wildman–Crippen LogP) is 4.22. The number of para-hydroxylation sites is 1. The van der Waals surface area contributed by atoms with Gasteiger partial charge in [-0.05, 0) is 43.3 Å². The van der Waals surface area contributed by atoms with Crippen LogP contribution in [0, 0.1) is 0 Å². The van der Waals surface area contributed by atoms with E-state index in [1.165, 1.54) is 0 Å². The Morgan fingerprint density at radius 2 is 1.79 bits per heavy atom. The molecule has 0 aliphatic carbocycles. The van der Waals surface area contributed by atoms with Crippen LogP contribution in [-0.2, 0) is 13.0 Å². The van der Waals surface area contributed by atoms with Crippen molar-refractivity contribution in [3.05, 3.63) is 77.2 Å². The predicted molar refractivity (Wildman–Crippen MR) is 110 cm³/mol. The third-order valence-electron chi connectivity index (χ3n) is 4.45. The zero-order chi connectivity index (χ0) is 20.6. The molecule has 0 saturated heterocycles. The average Bonchev–Trinajstić information content (AvgIpc) is 3.21. The van der Waals surface area contributed by atoms with Crippen molar-refractivity contribution in [2.24, 2.45) is 0 Å². The molecular formula is C23H25NO5. The fourth-order valence-electron chi connectivity index (χ4n) is 3.01. The second-order valence-electron chi connectivity index (χ2n) is 6.34. The van der Waals surface area contributed by atoms with Crippen molar-refractivity contribution in [2.75, 3.05) is 20.8 Å². The van der Waals surface area contributed by atoms with Gasteiger partial charge in [-0.1, -0.05) is 18.2 Å². The van der Waals surface area contributed by atoms with Crippen LogP contribution >= 0.6 is 0 Å². The Bertz CT molecular complexity index is 963. The quantitative estimate of drug-likeness (QED) is 0.588. The van der Waals surface area contributed by atoms with Gasteiger partial charge >= 0.3 is 0 Å². The van der Waals surface area contributed by atoms with Crippen LogP contribution in [-0.4, -0.2) is 26.7 Å². The standard InChI is InChI=1S/C23H25NO5/c1-4-28-21-8-6-5-7-16(21)15-24-23(25)22-12-10-19(29-22)14-17-13-18(26-2)9-11-20(17)27-3/h5-13H,4,14-15H2,1-3H3,(H,24,25). The maximum Gasteiger partial charge on any atom is 0.287 e. The van der Waals surface area contributed by atoms with Gasteiger partial charge in [0, 0.05) is 24.1 Å². The van der Waals surface area contributed by atoms with Crippen LogP contribution in [0.2, 0.25) is 0 Å². The highest BCUT2D eigenvalue weighted by atomic mass is 16.5. The molecule has 3 aromatic rings. The monoisotopic (exact) mass is 395 g/mol. The number of hydrogen-bond acceptors (Lipinski definition) is 5. The lowest BCUT2D eigenvalue weighted by Crippen LogP contribution is -2.22. The molecule has 0 spiro atoms. The van der Waals surface area contributed by atoms with Gasteiger partial charge < -0.3 is 23.9 Å². The molecule has 0 bridgehead atoms. The molecule has 29 heavy (non-hydrogen) atoms. The first-order chi connectivity index (χ1) is 14.1. The average molecular weight is 395 g/mol. The first kappa shape index (κ1) is 20.3. The van der Waals surface area contributed by atoms with Gasteiger partial charge in [-0.2, -0.15) is 0 Å². The molecule has 1 N–H and O–H groups in total. The molecule has 1 amide bonds. The second kappa shape index (κ2) is 9.68. The summed E-state index contributed by atoms with van der Waals surface area (Å²) in [5, 5.41) is 2.87. The highest BCUT2D eigenvalue weighted by Gasteiger charge is 2.14. The highest BCUT2D eigenvalue weighted by molar-refractivity contribution is 5.91. The number of amides is 1. The van der Waals surface area contributed by atoms with E-state index in [4.69, 9.17) is 18.6 Å². The lowest BCUT2D eigenvalue weighted by Gasteiger charge is -2.10. The summed E-state index contributed by atoms with van der Waals surface area (Å²) in [4.78, 5) is 12.5. The van der Waals surface area contributed by atoms with E-state index in [1.807, 2.05) is 49.4 Å². The molecule has 0 atom stereocenters. The summed E-state index contributed by atoms with van der Waals surface area (Å²) < 4.78 is 22.0. The van der Waals surface area contributed by atoms with E-state index in [2.05, 4.69) is 5.32 Å². The van der Waals surface area contributed by atoms with E-state index in [-0.39, 0.29) is 11.7 Å². The molecule has 0 radical (unpaired) electrons. The van der Waals surface area contributed by atoms with Crippen molar-refractivity contribution < 1.29 is 23.4 Å². The third kappa shape index (κ3) is 5.10. The largest absolute Gasteiger partial charge is 0.497 e. The van der Waals surface area contributed by atoms with Crippen molar-refractivity contribution in [1.82, 2.24) is 5.32 Å². The van der Waals surface area contributed by atoms with Gasteiger partial charge in [-0.15, -0.1) is 0 Å². The fourth-order valence-corrected chi connectivity index (χ4v) is 3.01. The minimum Gasteiger partial charge on any atom is -0.497 e. The number of rotatable bonds is 9. The number of carbonyl (C=O) groups excluding carboxylic acids is 1. The lowest BCUT2D eigenvalue weighted by atomic mass is 10.1. The lowest BCUT2D eigenvalue weighted by molar-refractivity contribution is 0.0921. The number of carbonyl (C=O) groups is 1. The van der Waals surface area contributed by atoms with E-state index in [0.29, 0.717) is 25.3 Å². The van der Waals surface area contributed by atoms with Crippen molar-refractivity contribution in [2.45, 2.75) is 19.9 Å². The van der Waals surface area contributed by atoms with Crippen molar-refractivity contribution >= 4 is 5.91 Å². The topological polar surface area (TPSA) is 69.9 Å². The van der Waals surface area contributed by atoms with Gasteiger partial charge in [-0.25, -0.2) is 0 Å². The Balaban J connectivity index is 1.66. The molecule has 3 rings (SSSR count). The molecule has 6 nitrogen and oxygen atoms in total. The first-order valence-corrected chi connectivity index (χ1v) is 9.43. The Hall–Kier alpha value is -3.41. The van der Waals surface area contributed by atoms with Crippen LogP contribution in [0.4, 0.5) is 0 Å². The summed E-state index contributed by atoms with van der Waals surface area (Å²) in [7, 11) is 3.23. The first-order valence-electron chi connectivity index (χ1n) is 9.43. The maximum absolute atomic E-state index is 12.5. The number of nitrogens with one attached hydrogen (secondary N) is 1. The summed E-state index contributed by atoms with van der Waals surface area (Å²) in [6.45, 7) is 2.85. The second-order valence-corrected chi connectivity index (χ2v) is 6.34. The molecule has 2 aromatic carbocycles. The third-order valence-corrected chi connectivity index (χ3v) is 4.45. The number of ether oxygens (including phenoxy) is 3. The van der Waals surface area contributed by atoms with Crippen LogP contribution in [0.15, 0.2) is 59.0 Å². The molecule has 0 fully saturated rings. The van der Waals surface area contributed by atoms with Gasteiger partial charge in [0.1, 0.15) is 23.0 Å². The summed E-state index contributed by atoms with van der Waals surface area (Å²) in [6.07, 6.45) is 0.487. The van der Waals surface area contributed by atoms with Gasteiger partial charge in [-0.3, -0.25) is 4.79 Å². The van der Waals surface area contributed by atoms with E-state index >= 15 is 0 Å². The summed E-state index contributed by atoms with van der Waals surface area (Å²) in [5.74, 6) is 2.88. The molecule has 0 saturated carbocycles. The molecule has 1 aromatic heterocycles. The fraction of sp³-hybridized carbons (Fsp3) is 0.261. The van der Waals surface area contributed by atoms with Crippen LogP contribution < -0.4 is 19.5 Å². The Morgan fingerprint density at radius 3 is 2.55 bits per heavy atom. The van der Waals surface area contributed by atoms with E-state index < -0.39 is 0 Å². The number of benzene rings is 2. The molecule has 0 aliphatic heterocycles. The highest BCUT2D eigenvalue weighted by Crippen LogP contribution is 2.27. The van der Waals surface area contributed by atoms with Gasteiger partial charge in [0.05, 0.1) is 20.8 Å². The van der Waals surface area contributed by atoms with Crippen molar-refractivity contribution in [1.29, 1.82) is 0 Å². The van der Waals surface area contributed by atoms with Crippen molar-refractivity contribution in [3.8, 4) is 17.2 Å². The minimum absolute atomic E-state index is 0.260. The van der Waals surface area contributed by atoms with Gasteiger partial charge in [0.2, 0.25) is 0 Å². The number of furan rings is 1. The van der Waals surface area contributed by atoms with E-state index in [9.17, 15) is 4.79 Å². The maximum atomic E-state index is 12.5. The number of hydrogen-bond donors (Lipinski definition) is 1.